The van der Waals surface area contributed by atoms with Crippen LogP contribution in [0.4, 0.5) is 5.69 Å². The summed E-state index contributed by atoms with van der Waals surface area (Å²) >= 11 is 0. The Hall–Kier alpha value is -1.59. The van der Waals surface area contributed by atoms with Crippen LogP contribution in [0.5, 0.6) is 0 Å². The number of carbonyl (C=O) groups excluding carboxylic acids is 1. The minimum absolute atomic E-state index is 0.313. The number of esters is 1. The highest BCUT2D eigenvalue weighted by molar-refractivity contribution is 5.81. The van der Waals surface area contributed by atoms with Crippen molar-refractivity contribution in [1.82, 2.24) is 5.32 Å². The summed E-state index contributed by atoms with van der Waals surface area (Å²) < 4.78 is 11.3. The highest BCUT2D eigenvalue weighted by atomic mass is 16.6. The molecule has 2 rings (SSSR count). The molecule has 1 atom stereocenters. The summed E-state index contributed by atoms with van der Waals surface area (Å²) in [6.45, 7) is 13.5. The van der Waals surface area contributed by atoms with E-state index in [0.717, 1.165) is 29.8 Å². The number of carbonyl (C=O) groups is 1. The Kier molecular flexibility index (Phi) is 5.01. The molecular formula is C18H28N2O3. The van der Waals surface area contributed by atoms with E-state index < -0.39 is 11.7 Å². The molecule has 0 bridgehead atoms. The maximum atomic E-state index is 12.5. The lowest BCUT2D eigenvalue weighted by atomic mass is 9.89. The van der Waals surface area contributed by atoms with Crippen LogP contribution in [0.15, 0.2) is 0 Å². The van der Waals surface area contributed by atoms with E-state index >= 15 is 0 Å². The lowest BCUT2D eigenvalue weighted by molar-refractivity contribution is -0.166. The zero-order valence-electron chi connectivity index (χ0n) is 15.0. The average molecular weight is 320 g/mol. The molecule has 1 unspecified atom stereocenters. The van der Waals surface area contributed by atoms with Gasteiger partial charge in [-0.25, -0.2) is 4.79 Å². The van der Waals surface area contributed by atoms with Gasteiger partial charge in [-0.3, -0.25) is 0 Å². The average Bonchev–Trinajstić information content (AvgIpc) is 2.93. The van der Waals surface area contributed by atoms with E-state index in [1.165, 1.54) is 11.1 Å². The SMILES string of the molecule is CCOC(=O)C(OC(C)(C)C)c1c(C)c2c(c(C)c1N)CNC2. The second-order valence-electron chi connectivity index (χ2n) is 7.00. The first-order valence-electron chi connectivity index (χ1n) is 8.12. The molecule has 0 radical (unpaired) electrons. The number of hydrogen-bond donors (Lipinski definition) is 2. The molecular weight excluding hydrogens is 292 g/mol. The standard InChI is InChI=1S/C18H28N2O3/c1-7-22-17(21)16(23-18(4,5)6)14-10(2)12-8-20-9-13(12)11(3)15(14)19/h16,20H,7-9,19H2,1-6H3. The van der Waals surface area contributed by atoms with Crippen LogP contribution >= 0.6 is 0 Å². The number of rotatable bonds is 4. The number of hydrogen-bond acceptors (Lipinski definition) is 5. The Morgan fingerprint density at radius 2 is 1.78 bits per heavy atom. The molecule has 0 amide bonds. The smallest absolute Gasteiger partial charge is 0.340 e. The van der Waals surface area contributed by atoms with Gasteiger partial charge in [0.25, 0.3) is 0 Å². The second-order valence-corrected chi connectivity index (χ2v) is 7.00. The van der Waals surface area contributed by atoms with Crippen LogP contribution in [-0.2, 0) is 27.4 Å². The maximum absolute atomic E-state index is 12.5. The van der Waals surface area contributed by atoms with Crippen molar-refractivity contribution in [3.63, 3.8) is 0 Å². The first-order chi connectivity index (χ1) is 10.7. The highest BCUT2D eigenvalue weighted by Gasteiger charge is 2.34. The van der Waals surface area contributed by atoms with E-state index in [9.17, 15) is 4.79 Å². The monoisotopic (exact) mass is 320 g/mol. The van der Waals surface area contributed by atoms with Gasteiger partial charge in [0, 0.05) is 24.3 Å². The zero-order chi connectivity index (χ0) is 17.4. The van der Waals surface area contributed by atoms with Crippen LogP contribution in [-0.4, -0.2) is 18.2 Å². The van der Waals surface area contributed by atoms with Crippen molar-refractivity contribution in [2.45, 2.75) is 66.3 Å². The van der Waals surface area contributed by atoms with Crippen LogP contribution in [0.2, 0.25) is 0 Å². The normalized spacial score (nSPS) is 15.4. The van der Waals surface area contributed by atoms with Crippen LogP contribution in [0.25, 0.3) is 0 Å². The zero-order valence-corrected chi connectivity index (χ0v) is 15.0. The molecule has 1 aliphatic heterocycles. The summed E-state index contributed by atoms with van der Waals surface area (Å²) in [5.74, 6) is -0.387. The molecule has 0 aliphatic carbocycles. The third-order valence-corrected chi connectivity index (χ3v) is 4.21. The number of benzene rings is 1. The Morgan fingerprint density at radius 1 is 1.22 bits per heavy atom. The molecule has 0 saturated carbocycles. The molecule has 0 aromatic heterocycles. The molecule has 3 N–H and O–H groups in total. The van der Waals surface area contributed by atoms with Crippen LogP contribution in [0, 0.1) is 13.8 Å². The lowest BCUT2D eigenvalue weighted by Gasteiger charge is -2.29. The summed E-state index contributed by atoms with van der Waals surface area (Å²) in [6.07, 6.45) is -0.806. The maximum Gasteiger partial charge on any atom is 0.340 e. The molecule has 23 heavy (non-hydrogen) atoms. The van der Waals surface area contributed by atoms with Crippen molar-refractivity contribution in [2.75, 3.05) is 12.3 Å². The number of fused-ring (bicyclic) bond motifs is 1. The third-order valence-electron chi connectivity index (χ3n) is 4.21. The number of nitrogens with two attached hydrogens (primary N) is 1. The molecule has 0 fully saturated rings. The van der Waals surface area contributed by atoms with E-state index in [-0.39, 0.29) is 5.97 Å². The van der Waals surface area contributed by atoms with Crippen molar-refractivity contribution in [3.05, 3.63) is 27.8 Å². The number of anilines is 1. The van der Waals surface area contributed by atoms with Gasteiger partial charge in [-0.2, -0.15) is 0 Å². The van der Waals surface area contributed by atoms with Gasteiger partial charge in [-0.05, 0) is 63.8 Å². The van der Waals surface area contributed by atoms with Gasteiger partial charge in [0.05, 0.1) is 12.2 Å². The summed E-state index contributed by atoms with van der Waals surface area (Å²) in [7, 11) is 0. The van der Waals surface area contributed by atoms with Crippen molar-refractivity contribution in [3.8, 4) is 0 Å². The molecule has 0 saturated heterocycles. The predicted molar refractivity (Wildman–Crippen MR) is 91.1 cm³/mol. The Balaban J connectivity index is 2.59. The Labute approximate surface area is 138 Å². The van der Waals surface area contributed by atoms with Crippen molar-refractivity contribution < 1.29 is 14.3 Å². The topological polar surface area (TPSA) is 73.6 Å². The van der Waals surface area contributed by atoms with E-state index in [1.54, 1.807) is 6.92 Å². The minimum Gasteiger partial charge on any atom is -0.464 e. The van der Waals surface area contributed by atoms with Gasteiger partial charge < -0.3 is 20.5 Å². The van der Waals surface area contributed by atoms with Crippen molar-refractivity contribution in [2.24, 2.45) is 0 Å². The molecule has 1 heterocycles. The summed E-state index contributed by atoms with van der Waals surface area (Å²) in [6, 6.07) is 0. The van der Waals surface area contributed by atoms with E-state index in [0.29, 0.717) is 12.3 Å². The van der Waals surface area contributed by atoms with E-state index in [2.05, 4.69) is 5.32 Å². The number of nitrogens with one attached hydrogen (secondary N) is 1. The summed E-state index contributed by atoms with van der Waals surface area (Å²) in [5.41, 5.74) is 11.8. The first kappa shape index (κ1) is 17.8. The molecule has 1 aliphatic rings. The van der Waals surface area contributed by atoms with Gasteiger partial charge in [0.2, 0.25) is 0 Å². The van der Waals surface area contributed by atoms with Gasteiger partial charge in [0.1, 0.15) is 0 Å². The Bertz CT molecular complexity index is 618. The van der Waals surface area contributed by atoms with Crippen LogP contribution in [0.3, 0.4) is 0 Å². The second kappa shape index (κ2) is 6.49. The molecule has 5 nitrogen and oxygen atoms in total. The fourth-order valence-corrected chi connectivity index (χ4v) is 3.11. The molecule has 0 spiro atoms. The van der Waals surface area contributed by atoms with Gasteiger partial charge in [0.15, 0.2) is 6.10 Å². The summed E-state index contributed by atoms with van der Waals surface area (Å²) in [5, 5.41) is 3.35. The van der Waals surface area contributed by atoms with Crippen molar-refractivity contribution >= 4 is 11.7 Å². The first-order valence-corrected chi connectivity index (χ1v) is 8.12. The highest BCUT2D eigenvalue weighted by Crippen LogP contribution is 2.38. The van der Waals surface area contributed by atoms with E-state index in [1.807, 2.05) is 34.6 Å². The van der Waals surface area contributed by atoms with Gasteiger partial charge >= 0.3 is 5.97 Å². The molecule has 1 aromatic carbocycles. The predicted octanol–water partition coefficient (Wildman–Crippen LogP) is 2.91. The molecule has 128 valence electrons. The Morgan fingerprint density at radius 3 is 2.30 bits per heavy atom. The third kappa shape index (κ3) is 3.51. The van der Waals surface area contributed by atoms with Gasteiger partial charge in [-0.1, -0.05) is 0 Å². The fourth-order valence-electron chi connectivity index (χ4n) is 3.11. The summed E-state index contributed by atoms with van der Waals surface area (Å²) in [4.78, 5) is 12.5. The van der Waals surface area contributed by atoms with Gasteiger partial charge in [-0.15, -0.1) is 0 Å². The number of ether oxygens (including phenoxy) is 2. The molecule has 5 heteroatoms. The van der Waals surface area contributed by atoms with Crippen LogP contribution < -0.4 is 11.1 Å². The molecule has 1 aromatic rings. The quantitative estimate of drug-likeness (QED) is 0.659. The largest absolute Gasteiger partial charge is 0.464 e. The minimum atomic E-state index is -0.806. The van der Waals surface area contributed by atoms with Crippen LogP contribution in [0.1, 0.15) is 61.6 Å². The van der Waals surface area contributed by atoms with E-state index in [4.69, 9.17) is 15.2 Å². The fraction of sp³-hybridized carbons (Fsp3) is 0.611. The number of nitrogen functional groups attached to an aromatic ring is 1. The van der Waals surface area contributed by atoms with Crippen molar-refractivity contribution in [1.29, 1.82) is 0 Å². The lowest BCUT2D eigenvalue weighted by Crippen LogP contribution is -2.30.